The molecule has 0 bridgehead atoms. The Morgan fingerprint density at radius 2 is 2.36 bits per heavy atom. The van der Waals surface area contributed by atoms with Gasteiger partial charge in [-0.05, 0) is 33.0 Å². The number of hydrogen-bond donors (Lipinski definition) is 1. The molecule has 1 saturated heterocycles. The molecule has 0 radical (unpaired) electrons. The molecule has 0 aliphatic carbocycles. The maximum absolute atomic E-state index is 4.10. The number of nitrogens with one attached hydrogen (secondary N) is 1. The van der Waals surface area contributed by atoms with Crippen LogP contribution in [0.3, 0.4) is 0 Å². The monoisotopic (exact) mass is 211 g/mol. The molecule has 0 saturated carbocycles. The lowest BCUT2D eigenvalue weighted by atomic mass is 10.1. The van der Waals surface area contributed by atoms with Gasteiger partial charge in [-0.3, -0.25) is 9.88 Å². The second kappa shape index (κ2) is 4.87. The molecule has 2 heterocycles. The number of hydrogen-bond acceptors (Lipinski definition) is 4. The summed E-state index contributed by atoms with van der Waals surface area (Å²) in [6.45, 7) is 3.38. The van der Waals surface area contributed by atoms with E-state index in [1.54, 1.807) is 11.3 Å². The lowest BCUT2D eigenvalue weighted by Crippen LogP contribution is -2.40. The van der Waals surface area contributed by atoms with E-state index in [1.165, 1.54) is 17.7 Å². The Morgan fingerprint density at radius 1 is 1.57 bits per heavy atom. The number of thiazole rings is 1. The van der Waals surface area contributed by atoms with Crippen LogP contribution in [-0.4, -0.2) is 36.1 Å². The van der Waals surface area contributed by atoms with Crippen LogP contribution in [-0.2, 0) is 6.54 Å². The van der Waals surface area contributed by atoms with Crippen molar-refractivity contribution in [3.8, 4) is 0 Å². The first kappa shape index (κ1) is 10.1. The molecular weight excluding hydrogens is 194 g/mol. The van der Waals surface area contributed by atoms with Gasteiger partial charge in [-0.2, -0.15) is 0 Å². The zero-order chi connectivity index (χ0) is 9.80. The van der Waals surface area contributed by atoms with Gasteiger partial charge in [0.1, 0.15) is 0 Å². The van der Waals surface area contributed by atoms with Crippen LogP contribution in [0.15, 0.2) is 11.7 Å². The molecule has 3 nitrogen and oxygen atoms in total. The molecular formula is C10H17N3S. The minimum absolute atomic E-state index is 0.748. The minimum Gasteiger partial charge on any atom is -0.317 e. The van der Waals surface area contributed by atoms with Crippen LogP contribution < -0.4 is 5.32 Å². The molecule has 4 heteroatoms. The average molecular weight is 211 g/mol. The van der Waals surface area contributed by atoms with Crippen molar-refractivity contribution in [2.75, 3.05) is 20.1 Å². The van der Waals surface area contributed by atoms with Gasteiger partial charge in [0.05, 0.1) is 5.51 Å². The van der Waals surface area contributed by atoms with E-state index in [-0.39, 0.29) is 0 Å². The first-order valence-electron chi connectivity index (χ1n) is 5.14. The highest BCUT2D eigenvalue weighted by Crippen LogP contribution is 2.15. The normalized spacial score (nSPS) is 19.0. The SMILES string of the molecule is CN(Cc1cncs1)C1CCNCC1. The molecule has 2 rings (SSSR count). The largest absolute Gasteiger partial charge is 0.317 e. The van der Waals surface area contributed by atoms with Gasteiger partial charge in [-0.25, -0.2) is 0 Å². The highest BCUT2D eigenvalue weighted by Gasteiger charge is 2.17. The Balaban J connectivity index is 1.85. The highest BCUT2D eigenvalue weighted by molar-refractivity contribution is 7.09. The molecule has 0 atom stereocenters. The summed E-state index contributed by atoms with van der Waals surface area (Å²) in [4.78, 5) is 7.92. The third-order valence-electron chi connectivity index (χ3n) is 2.82. The van der Waals surface area contributed by atoms with Gasteiger partial charge in [-0.15, -0.1) is 11.3 Å². The van der Waals surface area contributed by atoms with Crippen LogP contribution in [0.2, 0.25) is 0 Å². The van der Waals surface area contributed by atoms with Gasteiger partial charge in [0.25, 0.3) is 0 Å². The quantitative estimate of drug-likeness (QED) is 0.817. The zero-order valence-electron chi connectivity index (χ0n) is 8.57. The Labute approximate surface area is 89.1 Å². The van der Waals surface area contributed by atoms with Gasteiger partial charge in [-0.1, -0.05) is 0 Å². The topological polar surface area (TPSA) is 28.2 Å². The number of aromatic nitrogens is 1. The average Bonchev–Trinajstić information content (AvgIpc) is 2.72. The van der Waals surface area contributed by atoms with Crippen molar-refractivity contribution in [3.05, 3.63) is 16.6 Å². The smallest absolute Gasteiger partial charge is 0.0794 e. The van der Waals surface area contributed by atoms with Gasteiger partial charge in [0, 0.05) is 23.7 Å². The molecule has 1 aliphatic rings. The lowest BCUT2D eigenvalue weighted by Gasteiger charge is -2.31. The Bertz CT molecular complexity index is 254. The number of rotatable bonds is 3. The molecule has 14 heavy (non-hydrogen) atoms. The maximum Gasteiger partial charge on any atom is 0.0794 e. The fraction of sp³-hybridized carbons (Fsp3) is 0.700. The van der Waals surface area contributed by atoms with E-state index < -0.39 is 0 Å². The summed E-state index contributed by atoms with van der Waals surface area (Å²) in [7, 11) is 2.22. The molecule has 1 aliphatic heterocycles. The van der Waals surface area contributed by atoms with Gasteiger partial charge in [0.2, 0.25) is 0 Å². The second-order valence-electron chi connectivity index (χ2n) is 3.86. The lowest BCUT2D eigenvalue weighted by molar-refractivity contribution is 0.193. The Morgan fingerprint density at radius 3 is 3.00 bits per heavy atom. The molecule has 0 unspecified atom stereocenters. The minimum atomic E-state index is 0.748. The van der Waals surface area contributed by atoms with Crippen molar-refractivity contribution in [2.24, 2.45) is 0 Å². The molecule has 1 N–H and O–H groups in total. The van der Waals surface area contributed by atoms with Gasteiger partial charge in [0.15, 0.2) is 0 Å². The van der Waals surface area contributed by atoms with Crippen LogP contribution in [0.1, 0.15) is 17.7 Å². The molecule has 1 aromatic heterocycles. The van der Waals surface area contributed by atoms with Crippen molar-refractivity contribution in [1.82, 2.24) is 15.2 Å². The van der Waals surface area contributed by atoms with E-state index in [9.17, 15) is 0 Å². The van der Waals surface area contributed by atoms with E-state index in [2.05, 4.69) is 22.2 Å². The predicted molar refractivity (Wildman–Crippen MR) is 59.5 cm³/mol. The fourth-order valence-corrected chi connectivity index (χ4v) is 2.60. The summed E-state index contributed by atoms with van der Waals surface area (Å²) < 4.78 is 0. The molecule has 0 aromatic carbocycles. The first-order chi connectivity index (χ1) is 6.86. The predicted octanol–water partition coefficient (Wildman–Crippen LogP) is 1.33. The van der Waals surface area contributed by atoms with Crippen LogP contribution in [0.4, 0.5) is 0 Å². The van der Waals surface area contributed by atoms with Crippen molar-refractivity contribution < 1.29 is 0 Å². The molecule has 1 aromatic rings. The summed E-state index contributed by atoms with van der Waals surface area (Å²) in [5.74, 6) is 0. The van der Waals surface area contributed by atoms with E-state index in [4.69, 9.17) is 0 Å². The standard InChI is InChI=1S/C10H17N3S/c1-13(7-10-6-12-8-14-10)9-2-4-11-5-3-9/h6,8-9,11H,2-5,7H2,1H3. The second-order valence-corrected chi connectivity index (χ2v) is 4.83. The van der Waals surface area contributed by atoms with E-state index >= 15 is 0 Å². The van der Waals surface area contributed by atoms with Crippen molar-refractivity contribution in [3.63, 3.8) is 0 Å². The molecule has 1 fully saturated rings. The van der Waals surface area contributed by atoms with Gasteiger partial charge < -0.3 is 5.32 Å². The van der Waals surface area contributed by atoms with Crippen LogP contribution in [0.5, 0.6) is 0 Å². The first-order valence-corrected chi connectivity index (χ1v) is 6.02. The van der Waals surface area contributed by atoms with Crippen LogP contribution >= 0.6 is 11.3 Å². The van der Waals surface area contributed by atoms with Crippen LogP contribution in [0.25, 0.3) is 0 Å². The van der Waals surface area contributed by atoms with Crippen molar-refractivity contribution in [2.45, 2.75) is 25.4 Å². The van der Waals surface area contributed by atoms with Crippen LogP contribution in [0, 0.1) is 0 Å². The molecule has 0 spiro atoms. The van der Waals surface area contributed by atoms with Crippen molar-refractivity contribution in [1.29, 1.82) is 0 Å². The summed E-state index contributed by atoms with van der Waals surface area (Å²) in [6, 6.07) is 0.748. The fourth-order valence-electron chi connectivity index (χ4n) is 1.94. The summed E-state index contributed by atoms with van der Waals surface area (Å²) in [6.07, 6.45) is 4.52. The Kier molecular flexibility index (Phi) is 3.50. The van der Waals surface area contributed by atoms with Crippen molar-refractivity contribution >= 4 is 11.3 Å². The summed E-state index contributed by atoms with van der Waals surface area (Å²) in [5.41, 5.74) is 1.91. The van der Waals surface area contributed by atoms with Gasteiger partial charge >= 0.3 is 0 Å². The highest BCUT2D eigenvalue weighted by atomic mass is 32.1. The Hall–Kier alpha value is -0.450. The summed E-state index contributed by atoms with van der Waals surface area (Å²) >= 11 is 1.75. The van der Waals surface area contributed by atoms with E-state index in [1.807, 2.05) is 11.7 Å². The third kappa shape index (κ3) is 2.53. The van der Waals surface area contributed by atoms with E-state index in [0.29, 0.717) is 0 Å². The number of nitrogens with zero attached hydrogens (tertiary/aromatic N) is 2. The molecule has 78 valence electrons. The number of piperidine rings is 1. The summed E-state index contributed by atoms with van der Waals surface area (Å²) in [5, 5.41) is 3.39. The maximum atomic E-state index is 4.10. The molecule has 0 amide bonds. The van der Waals surface area contributed by atoms with E-state index in [0.717, 1.165) is 25.7 Å². The zero-order valence-corrected chi connectivity index (χ0v) is 9.39. The third-order valence-corrected chi connectivity index (χ3v) is 3.59.